The Kier molecular flexibility index (Phi) is 16.9. The van der Waals surface area contributed by atoms with Gasteiger partial charge >= 0.3 is 26.2 Å². The van der Waals surface area contributed by atoms with Crippen molar-refractivity contribution in [3.63, 3.8) is 0 Å². The Balaban J connectivity index is 0. The molecule has 3 aromatic carbocycles. The molecule has 1 aliphatic carbocycles. The fourth-order valence-electron chi connectivity index (χ4n) is 4.29. The second kappa shape index (κ2) is 16.1. The second-order valence-corrected chi connectivity index (χ2v) is 22.2. The van der Waals surface area contributed by atoms with Crippen LogP contribution in [0.5, 0.6) is 0 Å². The van der Waals surface area contributed by atoms with Crippen molar-refractivity contribution in [2.45, 2.75) is 98.8 Å². The van der Waals surface area contributed by atoms with Crippen LogP contribution in [0.4, 0.5) is 0 Å². The van der Waals surface area contributed by atoms with Crippen LogP contribution in [-0.2, 0) is 37.0 Å². The molecule has 0 unspecified atom stereocenters. The molecule has 0 bridgehead atoms. The first-order valence-electron chi connectivity index (χ1n) is 12.6. The summed E-state index contributed by atoms with van der Waals surface area (Å²) in [6.45, 7) is 27.8. The molecule has 0 fully saturated rings. The Hall–Kier alpha value is -0.313. The second-order valence-electron chi connectivity index (χ2n) is 12.2. The Bertz CT molecular complexity index is 1080. The first-order valence-corrected chi connectivity index (χ1v) is 18.6. The van der Waals surface area contributed by atoms with Gasteiger partial charge in [0.2, 0.25) is 0 Å². The van der Waals surface area contributed by atoms with Gasteiger partial charge < -0.3 is 24.8 Å². The monoisotopic (exact) mass is 646 g/mol. The zero-order valence-electron chi connectivity index (χ0n) is 25.1. The van der Waals surface area contributed by atoms with Crippen LogP contribution < -0.4 is 24.8 Å². The van der Waals surface area contributed by atoms with Gasteiger partial charge in [-0.25, -0.2) is 12.2 Å². The van der Waals surface area contributed by atoms with Gasteiger partial charge in [0.15, 0.2) is 0 Å². The van der Waals surface area contributed by atoms with Gasteiger partial charge in [-0.05, 0) is 24.7 Å². The van der Waals surface area contributed by atoms with Crippen molar-refractivity contribution in [1.82, 2.24) is 0 Å². The molecule has 0 aromatic heterocycles. The standard InChI is InChI=1S/C23H29.C5H5.C4H12Si2.2ClH.Zr/c1-14-9-16-11-17-10-15(2)21(23(6,7)8)13-19(17)18(16)12-20(14)22(3,4)5;1-2-4-5-3-1;1-5(2)6(3)4;;;/h9-13H,1-8H3;1-3H,4H2;1-4H3;2*1H;/q2*-1;;;;+4/p-2. The van der Waals surface area contributed by atoms with Crippen molar-refractivity contribution < 1.29 is 51.0 Å². The van der Waals surface area contributed by atoms with E-state index < -0.39 is 0 Å². The molecule has 200 valence electrons. The van der Waals surface area contributed by atoms with E-state index in [0.717, 1.165) is 6.42 Å². The molecule has 0 saturated heterocycles. The molecule has 0 N–H and O–H groups in total. The maximum Gasteiger partial charge on any atom is 4.00 e. The van der Waals surface area contributed by atoms with Crippen molar-refractivity contribution in [3.8, 4) is 0 Å². The van der Waals surface area contributed by atoms with Crippen molar-refractivity contribution >= 4 is 38.2 Å². The Morgan fingerprint density at radius 2 is 1.08 bits per heavy atom. The summed E-state index contributed by atoms with van der Waals surface area (Å²) in [5.41, 5.74) is 6.06. The van der Waals surface area contributed by atoms with E-state index in [1.807, 2.05) is 12.2 Å². The van der Waals surface area contributed by atoms with Crippen LogP contribution in [0.25, 0.3) is 21.5 Å². The minimum absolute atomic E-state index is 0. The maximum atomic E-state index is 2.99. The molecule has 0 nitrogen and oxygen atoms in total. The molecule has 0 spiro atoms. The van der Waals surface area contributed by atoms with E-state index in [2.05, 4.69) is 124 Å². The third-order valence-corrected chi connectivity index (χ3v) is 14.6. The summed E-state index contributed by atoms with van der Waals surface area (Å²) in [7, 11) is 0.300. The molecular formula is C32H46Cl2Si2Zr. The summed E-state index contributed by atoms with van der Waals surface area (Å²) in [5.74, 6) is 0. The number of allylic oxidation sites excluding steroid dienone is 4. The summed E-state index contributed by atoms with van der Waals surface area (Å²) in [6.07, 6.45) is 10.0. The summed E-state index contributed by atoms with van der Waals surface area (Å²) in [4.78, 5) is 0. The molecular weight excluding hydrogens is 603 g/mol. The number of benzene rings is 2. The van der Waals surface area contributed by atoms with E-state index in [9.17, 15) is 0 Å². The van der Waals surface area contributed by atoms with E-state index in [1.54, 1.807) is 0 Å². The van der Waals surface area contributed by atoms with E-state index >= 15 is 0 Å². The normalized spacial score (nSPS) is 12.4. The molecule has 0 saturated carbocycles. The van der Waals surface area contributed by atoms with Crippen LogP contribution in [-0.4, -0.2) is 16.6 Å². The molecule has 1 aliphatic rings. The third-order valence-electron chi connectivity index (χ3n) is 6.60. The van der Waals surface area contributed by atoms with Gasteiger partial charge in [0, 0.05) is 16.6 Å². The molecule has 2 radical (unpaired) electrons. The van der Waals surface area contributed by atoms with Gasteiger partial charge in [-0.15, -0.1) is 46.2 Å². The van der Waals surface area contributed by atoms with Crippen LogP contribution in [0.2, 0.25) is 26.2 Å². The summed E-state index contributed by atoms with van der Waals surface area (Å²) in [6, 6.07) is 11.9. The number of fused-ring (bicyclic) bond motifs is 3. The average Bonchev–Trinajstić information content (AvgIpc) is 3.36. The van der Waals surface area contributed by atoms with Crippen molar-refractivity contribution in [2.24, 2.45) is 0 Å². The average molecular weight is 649 g/mol. The first kappa shape index (κ1) is 38.8. The molecule has 0 heterocycles. The number of hydrogen-bond donors (Lipinski definition) is 0. The van der Waals surface area contributed by atoms with Crippen LogP contribution in [0, 0.1) is 19.9 Å². The molecule has 5 heteroatoms. The van der Waals surface area contributed by atoms with Crippen LogP contribution in [0.3, 0.4) is 0 Å². The van der Waals surface area contributed by atoms with Gasteiger partial charge in [0.25, 0.3) is 0 Å². The Morgan fingerprint density at radius 1 is 0.703 bits per heavy atom. The van der Waals surface area contributed by atoms with Gasteiger partial charge in [0.1, 0.15) is 0 Å². The first-order chi connectivity index (χ1) is 15.6. The number of aryl methyl sites for hydroxylation is 2. The minimum Gasteiger partial charge on any atom is -1.00 e. The molecule has 4 rings (SSSR count). The number of rotatable bonds is 1. The molecule has 37 heavy (non-hydrogen) atoms. The van der Waals surface area contributed by atoms with E-state index in [4.69, 9.17) is 0 Å². The minimum atomic E-state index is 0. The van der Waals surface area contributed by atoms with Crippen molar-refractivity contribution in [2.75, 3.05) is 0 Å². The van der Waals surface area contributed by atoms with E-state index in [-0.39, 0.29) is 78.5 Å². The fourth-order valence-corrected chi connectivity index (χ4v) is 4.29. The van der Waals surface area contributed by atoms with Crippen molar-refractivity contribution in [3.05, 3.63) is 76.9 Å². The summed E-state index contributed by atoms with van der Waals surface area (Å²) < 4.78 is 0. The maximum absolute atomic E-state index is 2.99. The predicted molar refractivity (Wildman–Crippen MR) is 160 cm³/mol. The molecule has 0 atom stereocenters. The Labute approximate surface area is 263 Å². The zero-order valence-corrected chi connectivity index (χ0v) is 31.1. The topological polar surface area (TPSA) is 0 Å². The predicted octanol–water partition coefficient (Wildman–Crippen LogP) is 3.81. The quantitative estimate of drug-likeness (QED) is 0.278. The van der Waals surface area contributed by atoms with Gasteiger partial charge in [-0.1, -0.05) is 102 Å². The van der Waals surface area contributed by atoms with E-state index in [0.29, 0.717) is 0 Å². The van der Waals surface area contributed by atoms with Gasteiger partial charge in [0.05, 0.1) is 0 Å². The fraction of sp³-hybridized carbons (Fsp3) is 0.469. The van der Waals surface area contributed by atoms with E-state index in [1.165, 1.54) is 43.8 Å². The molecule has 0 amide bonds. The van der Waals surface area contributed by atoms with Crippen LogP contribution >= 0.6 is 0 Å². The molecule has 3 aromatic rings. The van der Waals surface area contributed by atoms with Gasteiger partial charge in [-0.2, -0.15) is 6.08 Å². The molecule has 0 aliphatic heterocycles. The Morgan fingerprint density at radius 3 is 1.30 bits per heavy atom. The van der Waals surface area contributed by atoms with Gasteiger partial charge in [-0.3, -0.25) is 6.08 Å². The summed E-state index contributed by atoms with van der Waals surface area (Å²) in [5, 5.41) is 5.55. The largest absolute Gasteiger partial charge is 4.00 e. The smallest absolute Gasteiger partial charge is 1.00 e. The number of halogens is 2. The summed E-state index contributed by atoms with van der Waals surface area (Å²) >= 11 is 0. The number of hydrogen-bond acceptors (Lipinski definition) is 0. The van der Waals surface area contributed by atoms with Crippen LogP contribution in [0.1, 0.15) is 70.2 Å². The van der Waals surface area contributed by atoms with Crippen LogP contribution in [0.15, 0.2) is 48.6 Å². The third kappa shape index (κ3) is 11.0. The SMILES string of the molecule is C[Si](C)[Si](C)C.Cc1cc2[cH-]c3cc(C)c(C(C)(C)C)cc3c2cc1C(C)(C)C.[C-]1=CC=CC1.[Cl-].[Cl-].[Zr+4]. The zero-order chi connectivity index (χ0) is 25.8. The van der Waals surface area contributed by atoms with Crippen molar-refractivity contribution in [1.29, 1.82) is 0 Å².